The van der Waals surface area contributed by atoms with E-state index >= 15 is 0 Å². The molecule has 0 radical (unpaired) electrons. The Morgan fingerprint density at radius 2 is 1.91 bits per heavy atom. The van der Waals surface area contributed by atoms with Crippen LogP contribution in [0.2, 0.25) is 0 Å². The lowest BCUT2D eigenvalue weighted by Crippen LogP contribution is -2.25. The zero-order chi connectivity index (χ0) is 23.4. The van der Waals surface area contributed by atoms with Gasteiger partial charge in [-0.2, -0.15) is 18.3 Å². The number of hydrogen-bond donors (Lipinski definition) is 1. The summed E-state index contributed by atoms with van der Waals surface area (Å²) in [6.07, 6.45) is -2.19. The molecule has 0 saturated heterocycles. The normalized spacial score (nSPS) is 13.7. The molecular formula is C24H23BrF3N3O2. The van der Waals surface area contributed by atoms with E-state index in [1.807, 2.05) is 30.3 Å². The van der Waals surface area contributed by atoms with E-state index in [-0.39, 0.29) is 11.8 Å². The maximum Gasteiger partial charge on any atom is 0.435 e. The van der Waals surface area contributed by atoms with Gasteiger partial charge in [0.25, 0.3) is 5.91 Å². The second-order valence-corrected chi connectivity index (χ2v) is 8.92. The molecule has 5 nitrogen and oxygen atoms in total. The minimum absolute atomic E-state index is 0.158. The molecule has 9 heteroatoms. The van der Waals surface area contributed by atoms with Crippen molar-refractivity contribution in [3.05, 3.63) is 81.6 Å². The van der Waals surface area contributed by atoms with Crippen LogP contribution in [0.3, 0.4) is 0 Å². The van der Waals surface area contributed by atoms with E-state index in [4.69, 9.17) is 4.74 Å². The van der Waals surface area contributed by atoms with Crippen LogP contribution in [-0.4, -0.2) is 22.2 Å². The van der Waals surface area contributed by atoms with Crippen molar-refractivity contribution in [2.45, 2.75) is 44.5 Å². The number of hydrogen-bond acceptors (Lipinski definition) is 3. The summed E-state index contributed by atoms with van der Waals surface area (Å²) in [6.45, 7) is 0.987. The van der Waals surface area contributed by atoms with Crippen LogP contribution in [0, 0.1) is 0 Å². The second kappa shape index (κ2) is 9.99. The number of carbonyl (C=O) groups excluding carboxylic acids is 1. The molecule has 1 heterocycles. The molecule has 1 aromatic heterocycles. The number of ether oxygens (including phenoxy) is 1. The van der Waals surface area contributed by atoms with Crippen molar-refractivity contribution in [2.75, 3.05) is 6.54 Å². The van der Waals surface area contributed by atoms with E-state index < -0.39 is 11.9 Å². The Bertz CT molecular complexity index is 1110. The molecule has 1 aliphatic rings. The van der Waals surface area contributed by atoms with E-state index in [1.54, 1.807) is 18.2 Å². The first-order valence-electron chi connectivity index (χ1n) is 10.7. The van der Waals surface area contributed by atoms with Gasteiger partial charge < -0.3 is 10.1 Å². The van der Waals surface area contributed by atoms with Gasteiger partial charge >= 0.3 is 6.18 Å². The molecule has 0 atom stereocenters. The van der Waals surface area contributed by atoms with E-state index in [2.05, 4.69) is 26.3 Å². The summed E-state index contributed by atoms with van der Waals surface area (Å²) >= 11 is 3.38. The average Bonchev–Trinajstić information content (AvgIpc) is 3.54. The highest BCUT2D eigenvalue weighted by molar-refractivity contribution is 9.10. The fourth-order valence-electron chi connectivity index (χ4n) is 3.49. The Kier molecular flexibility index (Phi) is 7.07. The molecule has 1 saturated carbocycles. The Labute approximate surface area is 198 Å². The number of rotatable bonds is 9. The molecular weight excluding hydrogens is 499 g/mol. The molecule has 1 fully saturated rings. The Morgan fingerprint density at radius 1 is 1.15 bits per heavy atom. The van der Waals surface area contributed by atoms with Crippen molar-refractivity contribution in [1.29, 1.82) is 0 Å². The number of halogens is 4. The lowest BCUT2D eigenvalue weighted by atomic mass is 10.1. The standard InChI is InChI=1S/C24H23BrF3N3O2/c25-19-7-9-20(10-8-19)33-15-16-3-1-4-18(13-16)23(32)29-11-2-12-31-21(17-5-6-17)14-22(30-31)24(26,27)28/h1,3-4,7-10,13-14,17H,2,5-6,11-12,15H2,(H,29,32). The van der Waals surface area contributed by atoms with E-state index in [0.717, 1.165) is 34.7 Å². The van der Waals surface area contributed by atoms with Crippen molar-refractivity contribution in [1.82, 2.24) is 15.1 Å². The third-order valence-electron chi connectivity index (χ3n) is 5.34. The fourth-order valence-corrected chi connectivity index (χ4v) is 3.75. The van der Waals surface area contributed by atoms with Crippen molar-refractivity contribution >= 4 is 21.8 Å². The molecule has 1 aliphatic carbocycles. The molecule has 1 N–H and O–H groups in total. The maximum atomic E-state index is 13.0. The summed E-state index contributed by atoms with van der Waals surface area (Å²) in [5, 5.41) is 6.57. The zero-order valence-corrected chi connectivity index (χ0v) is 19.3. The van der Waals surface area contributed by atoms with Crippen LogP contribution in [0.5, 0.6) is 5.75 Å². The molecule has 0 spiro atoms. The van der Waals surface area contributed by atoms with Crippen molar-refractivity contribution in [3.8, 4) is 5.75 Å². The Balaban J connectivity index is 1.27. The predicted octanol–water partition coefficient (Wildman–Crippen LogP) is 5.94. The smallest absolute Gasteiger partial charge is 0.435 e. The molecule has 1 amide bonds. The summed E-state index contributed by atoms with van der Waals surface area (Å²) in [4.78, 5) is 12.5. The van der Waals surface area contributed by atoms with E-state index in [0.29, 0.717) is 37.4 Å². The number of benzene rings is 2. The van der Waals surface area contributed by atoms with Crippen LogP contribution >= 0.6 is 15.9 Å². The van der Waals surface area contributed by atoms with E-state index in [1.165, 1.54) is 4.68 Å². The molecule has 0 bridgehead atoms. The van der Waals surface area contributed by atoms with Gasteiger partial charge in [0.15, 0.2) is 5.69 Å². The number of nitrogens with one attached hydrogen (secondary N) is 1. The molecule has 174 valence electrons. The lowest BCUT2D eigenvalue weighted by Gasteiger charge is -2.10. The molecule has 4 rings (SSSR count). The van der Waals surface area contributed by atoms with Crippen molar-refractivity contribution < 1.29 is 22.7 Å². The van der Waals surface area contributed by atoms with Gasteiger partial charge in [-0.05, 0) is 67.3 Å². The SMILES string of the molecule is O=C(NCCCn1nc(C(F)(F)F)cc1C1CC1)c1cccc(COc2ccc(Br)cc2)c1. The highest BCUT2D eigenvalue weighted by atomic mass is 79.9. The third kappa shape index (κ3) is 6.37. The van der Waals surface area contributed by atoms with Gasteiger partial charge in [-0.1, -0.05) is 28.1 Å². The van der Waals surface area contributed by atoms with Crippen molar-refractivity contribution in [2.24, 2.45) is 0 Å². The first kappa shape index (κ1) is 23.4. The first-order chi connectivity index (χ1) is 15.8. The fraction of sp³-hybridized carbons (Fsp3) is 0.333. The highest BCUT2D eigenvalue weighted by Gasteiger charge is 2.37. The predicted molar refractivity (Wildman–Crippen MR) is 121 cm³/mol. The number of nitrogens with zero attached hydrogens (tertiary/aromatic N) is 2. The summed E-state index contributed by atoms with van der Waals surface area (Å²) < 4.78 is 47.2. The Hall–Kier alpha value is -2.81. The average molecular weight is 522 g/mol. The second-order valence-electron chi connectivity index (χ2n) is 8.00. The monoisotopic (exact) mass is 521 g/mol. The summed E-state index contributed by atoms with van der Waals surface area (Å²) in [5.74, 6) is 0.649. The number of amides is 1. The van der Waals surface area contributed by atoms with Crippen LogP contribution in [0.4, 0.5) is 13.2 Å². The van der Waals surface area contributed by atoms with Gasteiger partial charge in [-0.15, -0.1) is 0 Å². The first-order valence-corrected chi connectivity index (χ1v) is 11.5. The third-order valence-corrected chi connectivity index (χ3v) is 5.87. The van der Waals surface area contributed by atoms with Crippen LogP contribution in [0.1, 0.15) is 52.5 Å². The van der Waals surface area contributed by atoms with Gasteiger partial charge in [-0.25, -0.2) is 0 Å². The van der Waals surface area contributed by atoms with Crippen LogP contribution in [0.15, 0.2) is 59.1 Å². The Morgan fingerprint density at radius 3 is 2.61 bits per heavy atom. The summed E-state index contributed by atoms with van der Waals surface area (Å²) in [6, 6.07) is 15.8. The van der Waals surface area contributed by atoms with Crippen molar-refractivity contribution in [3.63, 3.8) is 0 Å². The number of carbonyl (C=O) groups is 1. The van der Waals surface area contributed by atoms with Gasteiger partial charge in [0.05, 0.1) is 0 Å². The largest absolute Gasteiger partial charge is 0.489 e. The van der Waals surface area contributed by atoms with Crippen LogP contribution in [-0.2, 0) is 19.3 Å². The quantitative estimate of drug-likeness (QED) is 0.354. The lowest BCUT2D eigenvalue weighted by molar-refractivity contribution is -0.141. The molecule has 2 aromatic carbocycles. The molecule has 33 heavy (non-hydrogen) atoms. The summed E-state index contributed by atoms with van der Waals surface area (Å²) in [5.41, 5.74) is 1.14. The molecule has 3 aromatic rings. The number of aromatic nitrogens is 2. The number of alkyl halides is 3. The van der Waals surface area contributed by atoms with Gasteiger partial charge in [0.1, 0.15) is 12.4 Å². The van der Waals surface area contributed by atoms with Gasteiger partial charge in [-0.3, -0.25) is 9.48 Å². The highest BCUT2D eigenvalue weighted by Crippen LogP contribution is 2.42. The zero-order valence-electron chi connectivity index (χ0n) is 17.7. The maximum absolute atomic E-state index is 13.0. The van der Waals surface area contributed by atoms with Crippen LogP contribution in [0.25, 0.3) is 0 Å². The van der Waals surface area contributed by atoms with E-state index in [9.17, 15) is 18.0 Å². The van der Waals surface area contributed by atoms with Gasteiger partial charge in [0.2, 0.25) is 0 Å². The van der Waals surface area contributed by atoms with Crippen LogP contribution < -0.4 is 10.1 Å². The van der Waals surface area contributed by atoms with Gasteiger partial charge in [0, 0.05) is 34.7 Å². The number of aryl methyl sites for hydroxylation is 1. The molecule has 0 unspecified atom stereocenters. The topological polar surface area (TPSA) is 56.2 Å². The summed E-state index contributed by atoms with van der Waals surface area (Å²) in [7, 11) is 0. The molecule has 0 aliphatic heterocycles. The minimum Gasteiger partial charge on any atom is -0.489 e. The minimum atomic E-state index is -4.45.